The van der Waals surface area contributed by atoms with Crippen LogP contribution in [0.3, 0.4) is 0 Å². The molecule has 34 heavy (non-hydrogen) atoms. The van der Waals surface area contributed by atoms with Crippen molar-refractivity contribution in [1.29, 1.82) is 0 Å². The maximum atomic E-state index is 12.5. The van der Waals surface area contributed by atoms with Crippen LogP contribution in [0, 0.1) is 0 Å². The second-order valence-electron chi connectivity index (χ2n) is 8.28. The summed E-state index contributed by atoms with van der Waals surface area (Å²) in [6.07, 6.45) is 2.26. The van der Waals surface area contributed by atoms with Crippen LogP contribution in [0.2, 0.25) is 0 Å². The molecule has 3 heterocycles. The number of nitrogens with one attached hydrogen (secondary N) is 3. The minimum atomic E-state index is -3.39. The molecule has 0 amide bonds. The number of anilines is 1. The molecule has 0 radical (unpaired) electrons. The monoisotopic (exact) mass is 474 g/mol. The molecule has 0 atom stereocenters. The summed E-state index contributed by atoms with van der Waals surface area (Å²) >= 11 is 0. The van der Waals surface area contributed by atoms with Crippen LogP contribution in [0.25, 0.3) is 33.3 Å². The van der Waals surface area contributed by atoms with E-state index < -0.39 is 10.0 Å². The van der Waals surface area contributed by atoms with E-state index >= 15 is 0 Å². The second-order valence-corrected chi connectivity index (χ2v) is 10.2. The molecule has 8 nitrogen and oxygen atoms in total. The summed E-state index contributed by atoms with van der Waals surface area (Å²) in [4.78, 5) is 12.6. The zero-order chi connectivity index (χ0) is 23.7. The lowest BCUT2D eigenvalue weighted by Crippen LogP contribution is -2.26. The number of benzene rings is 2. The summed E-state index contributed by atoms with van der Waals surface area (Å²) in [6, 6.07) is 19.5. The number of aromatic nitrogens is 4. The van der Waals surface area contributed by atoms with Crippen LogP contribution in [0.1, 0.15) is 11.1 Å². The summed E-state index contributed by atoms with van der Waals surface area (Å²) in [7, 11) is 0.403. The number of nitrogens with zero attached hydrogens (tertiary/aromatic N) is 3. The maximum absolute atomic E-state index is 12.5. The predicted molar refractivity (Wildman–Crippen MR) is 136 cm³/mol. The third-order valence-electron chi connectivity index (χ3n) is 5.91. The van der Waals surface area contributed by atoms with Crippen molar-refractivity contribution in [3.05, 3.63) is 78.1 Å². The van der Waals surface area contributed by atoms with Crippen LogP contribution < -0.4 is 10.0 Å². The van der Waals surface area contributed by atoms with Gasteiger partial charge in [-0.2, -0.15) is 0 Å². The van der Waals surface area contributed by atoms with Crippen molar-refractivity contribution in [3.63, 3.8) is 0 Å². The highest BCUT2D eigenvalue weighted by atomic mass is 32.2. The first kappa shape index (κ1) is 22.1. The topological polar surface area (TPSA) is 105 Å². The average molecular weight is 475 g/mol. The number of aryl methyl sites for hydroxylation is 2. The zero-order valence-corrected chi connectivity index (χ0v) is 19.9. The minimum Gasteiger partial charge on any atom is -0.371 e. The molecule has 0 saturated carbocycles. The van der Waals surface area contributed by atoms with Gasteiger partial charge in [0.1, 0.15) is 11.2 Å². The predicted octanol–water partition coefficient (Wildman–Crippen LogP) is 3.82. The Morgan fingerprint density at radius 3 is 2.62 bits per heavy atom. The molecule has 0 bridgehead atoms. The first-order chi connectivity index (χ1) is 16.4. The van der Waals surface area contributed by atoms with Crippen LogP contribution in [0.5, 0.6) is 0 Å². The Balaban J connectivity index is 1.37. The Morgan fingerprint density at radius 1 is 1.03 bits per heavy atom. The Bertz CT molecular complexity index is 1570. The smallest absolute Gasteiger partial charge is 0.212 e. The molecule has 0 saturated heterocycles. The molecule has 0 spiro atoms. The van der Waals surface area contributed by atoms with Gasteiger partial charge in [0.2, 0.25) is 10.0 Å². The molecule has 5 rings (SSSR count). The molecule has 9 heteroatoms. The summed E-state index contributed by atoms with van der Waals surface area (Å²) in [5.74, 6) is 0.772. The fourth-order valence-corrected chi connectivity index (χ4v) is 5.17. The van der Waals surface area contributed by atoms with E-state index in [1.165, 1.54) is 0 Å². The van der Waals surface area contributed by atoms with Crippen molar-refractivity contribution < 1.29 is 8.42 Å². The number of H-pyrrole nitrogens is 1. The first-order valence-corrected chi connectivity index (χ1v) is 12.7. The van der Waals surface area contributed by atoms with Crippen molar-refractivity contribution in [2.45, 2.75) is 13.0 Å². The number of hydrogen-bond acceptors (Lipinski definition) is 5. The number of hydrogen-bond donors (Lipinski definition) is 3. The minimum absolute atomic E-state index is 0.0545. The van der Waals surface area contributed by atoms with Gasteiger partial charge in [-0.15, -0.1) is 0 Å². The third kappa shape index (κ3) is 4.40. The molecule has 2 aromatic carbocycles. The number of imidazole rings is 1. The number of rotatable bonds is 8. The van der Waals surface area contributed by atoms with Gasteiger partial charge in [0, 0.05) is 31.7 Å². The van der Waals surface area contributed by atoms with Crippen molar-refractivity contribution in [2.24, 2.45) is 7.05 Å². The summed E-state index contributed by atoms with van der Waals surface area (Å²) in [6.45, 7) is 0.235. The van der Waals surface area contributed by atoms with E-state index in [0.717, 1.165) is 50.3 Å². The molecular formula is C25H26N6O2S. The highest BCUT2D eigenvalue weighted by Gasteiger charge is 2.16. The van der Waals surface area contributed by atoms with Crippen LogP contribution in [-0.4, -0.2) is 40.7 Å². The van der Waals surface area contributed by atoms with E-state index in [-0.39, 0.29) is 12.3 Å². The lowest BCUT2D eigenvalue weighted by atomic mass is 10.1. The lowest BCUT2D eigenvalue weighted by molar-refractivity contribution is 0.580. The van der Waals surface area contributed by atoms with Gasteiger partial charge in [-0.05, 0) is 35.2 Å². The van der Waals surface area contributed by atoms with Crippen LogP contribution in [0.15, 0.2) is 67.0 Å². The molecule has 0 aliphatic carbocycles. The zero-order valence-electron chi connectivity index (χ0n) is 19.0. The summed E-state index contributed by atoms with van der Waals surface area (Å²) in [5.41, 5.74) is 6.34. The maximum Gasteiger partial charge on any atom is 0.212 e. The lowest BCUT2D eigenvalue weighted by Gasteiger charge is -2.08. The van der Waals surface area contributed by atoms with Crippen molar-refractivity contribution in [2.75, 3.05) is 18.1 Å². The van der Waals surface area contributed by atoms with Gasteiger partial charge in [-0.25, -0.2) is 23.1 Å². The van der Waals surface area contributed by atoms with Crippen molar-refractivity contribution >= 4 is 37.9 Å². The standard InChI is InChI=1S/C25H26N6O2S/c1-26-25-22-23(31(2)16-27-22)20-14-21(29-24(20)30-25)19-10-6-9-18(13-19)15-28-34(32,33)12-11-17-7-4-3-5-8-17/h3-10,13-14,16,28H,11-12,15H2,1-2H3,(H2,26,29,30). The highest BCUT2D eigenvalue weighted by molar-refractivity contribution is 7.89. The molecule has 3 N–H and O–H groups in total. The average Bonchev–Trinajstić information content (AvgIpc) is 3.45. The number of pyridine rings is 1. The van der Waals surface area contributed by atoms with E-state index in [0.29, 0.717) is 6.42 Å². The Hall–Kier alpha value is -3.69. The molecule has 174 valence electrons. The number of aromatic amines is 1. The van der Waals surface area contributed by atoms with Crippen molar-refractivity contribution in [1.82, 2.24) is 24.2 Å². The Kier molecular flexibility index (Phi) is 5.80. The molecule has 3 aromatic heterocycles. The van der Waals surface area contributed by atoms with Gasteiger partial charge in [0.05, 0.1) is 17.6 Å². The van der Waals surface area contributed by atoms with Gasteiger partial charge in [-0.1, -0.05) is 48.5 Å². The van der Waals surface area contributed by atoms with Crippen LogP contribution in [0.4, 0.5) is 5.82 Å². The summed E-state index contributed by atoms with van der Waals surface area (Å²) < 4.78 is 29.7. The quantitative estimate of drug-likeness (QED) is 0.317. The Labute approximate surface area is 198 Å². The van der Waals surface area contributed by atoms with E-state index in [4.69, 9.17) is 0 Å². The Morgan fingerprint density at radius 2 is 1.82 bits per heavy atom. The van der Waals surface area contributed by atoms with Gasteiger partial charge in [-0.3, -0.25) is 0 Å². The normalized spacial score (nSPS) is 11.9. The molecule has 5 aromatic rings. The van der Waals surface area contributed by atoms with E-state index in [1.807, 2.05) is 73.3 Å². The van der Waals surface area contributed by atoms with Gasteiger partial charge in [0.25, 0.3) is 0 Å². The molecule has 0 unspecified atom stereocenters. The van der Waals surface area contributed by atoms with E-state index in [2.05, 4.69) is 31.1 Å². The second kappa shape index (κ2) is 8.92. The van der Waals surface area contributed by atoms with Gasteiger partial charge in [0.15, 0.2) is 5.82 Å². The number of sulfonamides is 1. The van der Waals surface area contributed by atoms with Gasteiger partial charge < -0.3 is 14.9 Å². The van der Waals surface area contributed by atoms with Crippen LogP contribution >= 0.6 is 0 Å². The first-order valence-electron chi connectivity index (χ1n) is 11.1. The highest BCUT2D eigenvalue weighted by Crippen LogP contribution is 2.31. The van der Waals surface area contributed by atoms with Crippen molar-refractivity contribution in [3.8, 4) is 11.3 Å². The molecule has 0 aliphatic rings. The molecule has 0 aliphatic heterocycles. The van der Waals surface area contributed by atoms with E-state index in [9.17, 15) is 8.42 Å². The molecule has 0 fully saturated rings. The SMILES string of the molecule is CNc1nc2[nH]c(-c3cccc(CNS(=O)(=O)CCc4ccccc4)c3)cc2c2c1ncn2C. The fraction of sp³-hybridized carbons (Fsp3) is 0.200. The fourth-order valence-electron chi connectivity index (χ4n) is 4.14. The third-order valence-corrected chi connectivity index (χ3v) is 7.24. The van der Waals surface area contributed by atoms with Crippen LogP contribution in [-0.2, 0) is 30.0 Å². The largest absolute Gasteiger partial charge is 0.371 e. The van der Waals surface area contributed by atoms with E-state index in [1.54, 1.807) is 6.33 Å². The molecular weight excluding hydrogens is 448 g/mol. The summed E-state index contributed by atoms with van der Waals surface area (Å²) in [5, 5.41) is 4.10. The van der Waals surface area contributed by atoms with Gasteiger partial charge >= 0.3 is 0 Å². The number of fused-ring (bicyclic) bond motifs is 3.